The van der Waals surface area contributed by atoms with Crippen LogP contribution in [-0.4, -0.2) is 28.9 Å². The van der Waals surface area contributed by atoms with Crippen LogP contribution in [0.3, 0.4) is 0 Å². The van der Waals surface area contributed by atoms with E-state index in [1.54, 1.807) is 13.1 Å². The van der Waals surface area contributed by atoms with E-state index in [1.807, 2.05) is 29.6 Å². The van der Waals surface area contributed by atoms with Gasteiger partial charge in [-0.25, -0.2) is 0 Å². The van der Waals surface area contributed by atoms with Crippen LogP contribution in [0, 0.1) is 0 Å². The molecule has 1 aromatic heterocycles. The van der Waals surface area contributed by atoms with E-state index in [-0.39, 0.29) is 0 Å². The van der Waals surface area contributed by atoms with E-state index >= 15 is 0 Å². The number of nitrogens with one attached hydrogen (secondary N) is 2. The highest BCUT2D eigenvalue weighted by Gasteiger charge is 2.14. The normalized spacial score (nSPS) is 11.6. The molecule has 0 atom stereocenters. The Hall–Kier alpha value is -3.09. The number of carbonyl (C=O) groups excluding carboxylic acids is 3. The number of para-hydroxylation sites is 1. The minimum Gasteiger partial charge on any atom is -0.547 e. The lowest BCUT2D eigenvalue weighted by Crippen LogP contribution is -2.57. The van der Waals surface area contributed by atoms with E-state index in [0.29, 0.717) is 5.57 Å². The molecular weight excluding hydrogens is 288 g/mol. The van der Waals surface area contributed by atoms with Crippen molar-refractivity contribution in [3.05, 3.63) is 42.1 Å². The number of allylic oxidation sites excluding steroid dienone is 1. The van der Waals surface area contributed by atoms with Crippen molar-refractivity contribution in [1.82, 2.24) is 10.3 Å². The van der Waals surface area contributed by atoms with Crippen LogP contribution in [-0.2, 0) is 14.4 Å². The monoisotopic (exact) mass is 300 g/mol. The van der Waals surface area contributed by atoms with Crippen LogP contribution in [0.2, 0.25) is 0 Å². The van der Waals surface area contributed by atoms with Crippen molar-refractivity contribution in [2.24, 2.45) is 0 Å². The second-order valence-electron chi connectivity index (χ2n) is 4.65. The van der Waals surface area contributed by atoms with Gasteiger partial charge in [0.05, 0.1) is 11.9 Å². The highest BCUT2D eigenvalue weighted by atomic mass is 16.4. The van der Waals surface area contributed by atoms with Crippen molar-refractivity contribution >= 4 is 34.3 Å². The predicted molar refractivity (Wildman–Crippen MR) is 73.9 cm³/mol. The van der Waals surface area contributed by atoms with Gasteiger partial charge in [0.1, 0.15) is 6.04 Å². The van der Waals surface area contributed by atoms with Gasteiger partial charge in [-0.1, -0.05) is 18.2 Å². The molecule has 0 radical (unpaired) electrons. The molecule has 0 bridgehead atoms. The van der Waals surface area contributed by atoms with Gasteiger partial charge in [-0.05, 0) is 18.6 Å². The number of aliphatic carboxylic acids is 2. The number of hydrogen-bond acceptors (Lipinski definition) is 5. The highest BCUT2D eigenvalue weighted by molar-refractivity contribution is 6.04. The average molecular weight is 300 g/mol. The molecule has 0 spiro atoms. The summed E-state index contributed by atoms with van der Waals surface area (Å²) < 4.78 is 0. The van der Waals surface area contributed by atoms with Crippen LogP contribution in [0.15, 0.2) is 36.5 Å². The van der Waals surface area contributed by atoms with E-state index in [9.17, 15) is 24.6 Å². The van der Waals surface area contributed by atoms with Crippen molar-refractivity contribution < 1.29 is 24.6 Å². The van der Waals surface area contributed by atoms with E-state index in [2.05, 4.69) is 4.98 Å². The quantitative estimate of drug-likeness (QED) is 0.516. The van der Waals surface area contributed by atoms with Gasteiger partial charge in [-0.15, -0.1) is 0 Å². The molecule has 0 unspecified atom stereocenters. The smallest absolute Gasteiger partial charge is 0.245 e. The molecule has 2 rings (SSSR count). The van der Waals surface area contributed by atoms with Gasteiger partial charge < -0.3 is 30.1 Å². The molecule has 7 nitrogen and oxygen atoms in total. The molecule has 7 heteroatoms. The van der Waals surface area contributed by atoms with Crippen LogP contribution in [0.4, 0.5) is 0 Å². The summed E-state index contributed by atoms with van der Waals surface area (Å²) in [7, 11) is 0. The molecule has 0 aliphatic carbocycles. The number of amides is 1. The molecule has 0 saturated heterocycles. The highest BCUT2D eigenvalue weighted by Crippen LogP contribution is 2.24. The zero-order valence-corrected chi connectivity index (χ0v) is 11.6. The summed E-state index contributed by atoms with van der Waals surface area (Å²) in [6.45, 7) is 1.65. The fourth-order valence-electron chi connectivity index (χ4n) is 2.07. The molecule has 2 aromatic rings. The van der Waals surface area contributed by atoms with Crippen LogP contribution in [0.1, 0.15) is 12.5 Å². The maximum atomic E-state index is 11.7. The number of rotatable bonds is 5. The molecule has 0 fully saturated rings. The van der Waals surface area contributed by atoms with E-state index in [1.165, 1.54) is 0 Å². The number of aromatic amines is 1. The Bertz CT molecular complexity index is 761. The van der Waals surface area contributed by atoms with E-state index in [4.69, 9.17) is 0 Å². The molecule has 0 aliphatic rings. The van der Waals surface area contributed by atoms with Gasteiger partial charge in [0.25, 0.3) is 0 Å². The Morgan fingerprint density at radius 2 is 1.82 bits per heavy atom. The van der Waals surface area contributed by atoms with Crippen molar-refractivity contribution in [3.63, 3.8) is 0 Å². The van der Waals surface area contributed by atoms with E-state index in [0.717, 1.165) is 22.5 Å². The Labute approximate surface area is 125 Å². The minimum atomic E-state index is -2.19. The molecule has 22 heavy (non-hydrogen) atoms. The molecule has 1 heterocycles. The fraction of sp³-hybridized carbons (Fsp3) is 0.133. The van der Waals surface area contributed by atoms with Gasteiger partial charge in [-0.3, -0.25) is 4.79 Å². The first kappa shape index (κ1) is 15.3. The third kappa shape index (κ3) is 3.14. The molecule has 114 valence electrons. The lowest BCUT2D eigenvalue weighted by molar-refractivity contribution is -0.326. The Balaban J connectivity index is 2.23. The van der Waals surface area contributed by atoms with Crippen molar-refractivity contribution in [1.29, 1.82) is 0 Å². The summed E-state index contributed by atoms with van der Waals surface area (Å²) in [5.41, 5.74) is 2.18. The molecule has 1 aromatic carbocycles. The Morgan fingerprint density at radius 3 is 2.45 bits per heavy atom. The number of benzene rings is 1. The summed E-state index contributed by atoms with van der Waals surface area (Å²) in [4.78, 5) is 35.9. The summed E-state index contributed by atoms with van der Waals surface area (Å²) in [5.74, 6) is -4.74. The second kappa shape index (κ2) is 6.13. The number of carboxylic acids is 2. The molecule has 0 aliphatic heterocycles. The number of H-pyrrole nitrogens is 1. The molecule has 2 N–H and O–H groups in total. The number of aromatic nitrogens is 1. The summed E-state index contributed by atoms with van der Waals surface area (Å²) in [5, 5.41) is 23.9. The van der Waals surface area contributed by atoms with Gasteiger partial charge >= 0.3 is 0 Å². The van der Waals surface area contributed by atoms with Gasteiger partial charge in [0, 0.05) is 28.7 Å². The van der Waals surface area contributed by atoms with Crippen LogP contribution in [0.5, 0.6) is 0 Å². The third-order valence-electron chi connectivity index (χ3n) is 3.12. The van der Waals surface area contributed by atoms with Gasteiger partial charge in [0.15, 0.2) is 0 Å². The Morgan fingerprint density at radius 1 is 1.18 bits per heavy atom. The van der Waals surface area contributed by atoms with Crippen LogP contribution < -0.4 is 15.5 Å². The van der Waals surface area contributed by atoms with Gasteiger partial charge in [0.2, 0.25) is 5.91 Å². The molecular formula is C15H12N2O5-2. The third-order valence-corrected chi connectivity index (χ3v) is 3.12. The zero-order chi connectivity index (χ0) is 16.3. The molecule has 0 saturated carbocycles. The maximum Gasteiger partial charge on any atom is 0.245 e. The average Bonchev–Trinajstić information content (AvgIpc) is 2.88. The number of carbonyl (C=O) groups is 3. The predicted octanol–water partition coefficient (Wildman–Crippen LogP) is -1.44. The van der Waals surface area contributed by atoms with E-state index < -0.39 is 23.9 Å². The first-order chi connectivity index (χ1) is 10.4. The largest absolute Gasteiger partial charge is 0.547 e. The lowest BCUT2D eigenvalue weighted by atomic mass is 10.1. The summed E-state index contributed by atoms with van der Waals surface area (Å²) in [6.07, 6.45) is 2.83. The second-order valence-corrected chi connectivity index (χ2v) is 4.65. The minimum absolute atomic E-state index is 0.547. The van der Waals surface area contributed by atoms with Gasteiger partial charge in [-0.2, -0.15) is 0 Å². The van der Waals surface area contributed by atoms with Crippen LogP contribution in [0.25, 0.3) is 16.5 Å². The Kier molecular flexibility index (Phi) is 4.26. The van der Waals surface area contributed by atoms with Crippen molar-refractivity contribution in [2.75, 3.05) is 0 Å². The number of fused-ring (bicyclic) bond motifs is 1. The molecule has 1 amide bonds. The summed E-state index contributed by atoms with van der Waals surface area (Å²) >= 11 is 0. The first-order valence-corrected chi connectivity index (χ1v) is 6.37. The maximum absolute atomic E-state index is 11.7. The first-order valence-electron chi connectivity index (χ1n) is 6.37. The number of hydrogen-bond donors (Lipinski definition) is 2. The van der Waals surface area contributed by atoms with Crippen molar-refractivity contribution in [3.8, 4) is 0 Å². The summed E-state index contributed by atoms with van der Waals surface area (Å²) in [6, 6.07) is 5.24. The number of carboxylic acid groups (broad SMARTS) is 2. The zero-order valence-electron chi connectivity index (χ0n) is 11.6. The topological polar surface area (TPSA) is 125 Å². The van der Waals surface area contributed by atoms with Crippen LogP contribution >= 0.6 is 0 Å². The standard InChI is InChI=1S/C15H14N2O5/c1-8(6-12(18)17-13(14(19)20)15(21)22)10-7-16-11-5-3-2-4-9(10)11/h2-7,13,16H,1H3,(H,17,18)(H,19,20)(H,21,22)/p-2/b8-6-. The SMILES string of the molecule is C/C(=C/C(=O)NC(C(=O)[O-])C(=O)[O-])c1c[nH]c2ccccc12. The fourth-order valence-corrected chi connectivity index (χ4v) is 2.07. The lowest BCUT2D eigenvalue weighted by Gasteiger charge is -2.19. The van der Waals surface area contributed by atoms with Crippen molar-refractivity contribution in [2.45, 2.75) is 13.0 Å².